The largest absolute Gasteiger partial charge is 0.487 e. The Bertz CT molecular complexity index is 340. The lowest BCUT2D eigenvalue weighted by Gasteiger charge is -2.22. The Morgan fingerprint density at radius 1 is 1.36 bits per heavy atom. The number of halogens is 1. The quantitative estimate of drug-likeness (QED) is 0.703. The number of hydrogen-bond acceptors (Lipinski definition) is 2. The third-order valence-electron chi connectivity index (χ3n) is 1.51. The van der Waals surface area contributed by atoms with Gasteiger partial charge in [-0.2, -0.15) is 0 Å². The van der Waals surface area contributed by atoms with Crippen LogP contribution in [0.25, 0.3) is 0 Å². The van der Waals surface area contributed by atoms with Crippen molar-refractivity contribution < 1.29 is 9.53 Å². The third kappa shape index (κ3) is 3.04. The molecule has 76 valence electrons. The highest BCUT2D eigenvalue weighted by molar-refractivity contribution is 6.32. The van der Waals surface area contributed by atoms with E-state index in [1.54, 1.807) is 18.2 Å². The molecule has 0 N–H and O–H groups in total. The molecule has 0 radical (unpaired) electrons. The molecule has 0 spiro atoms. The van der Waals surface area contributed by atoms with Crippen molar-refractivity contribution in [2.75, 3.05) is 0 Å². The van der Waals surface area contributed by atoms with E-state index in [0.29, 0.717) is 16.3 Å². The van der Waals surface area contributed by atoms with Crippen LogP contribution in [0.1, 0.15) is 31.1 Å². The average molecular weight is 213 g/mol. The van der Waals surface area contributed by atoms with Crippen molar-refractivity contribution in [1.29, 1.82) is 0 Å². The van der Waals surface area contributed by atoms with Gasteiger partial charge in [0, 0.05) is 5.56 Å². The zero-order chi connectivity index (χ0) is 10.8. The first-order valence-corrected chi connectivity index (χ1v) is 4.74. The summed E-state index contributed by atoms with van der Waals surface area (Å²) in [5, 5.41) is 0.463. The van der Waals surface area contributed by atoms with Crippen LogP contribution in [0.5, 0.6) is 5.75 Å². The maximum Gasteiger partial charge on any atom is 0.150 e. The molecule has 0 unspecified atom stereocenters. The van der Waals surface area contributed by atoms with E-state index in [9.17, 15) is 4.79 Å². The zero-order valence-electron chi connectivity index (χ0n) is 8.50. The fourth-order valence-corrected chi connectivity index (χ4v) is 1.23. The van der Waals surface area contributed by atoms with Crippen LogP contribution in [0.4, 0.5) is 0 Å². The Labute approximate surface area is 88.8 Å². The minimum Gasteiger partial charge on any atom is -0.487 e. The second-order valence-corrected chi connectivity index (χ2v) is 4.43. The molecule has 1 aromatic rings. The monoisotopic (exact) mass is 212 g/mol. The van der Waals surface area contributed by atoms with E-state index in [2.05, 4.69) is 0 Å². The van der Waals surface area contributed by atoms with Gasteiger partial charge in [-0.25, -0.2) is 0 Å². The molecule has 1 aromatic carbocycles. The molecule has 0 saturated heterocycles. The SMILES string of the molecule is CC(C)(C)Oc1ccc(C=O)cc1Cl. The summed E-state index contributed by atoms with van der Waals surface area (Å²) in [6.45, 7) is 5.82. The topological polar surface area (TPSA) is 26.3 Å². The lowest BCUT2D eigenvalue weighted by Crippen LogP contribution is -2.23. The van der Waals surface area contributed by atoms with Crippen LogP contribution in [0.3, 0.4) is 0 Å². The number of benzene rings is 1. The van der Waals surface area contributed by atoms with E-state index >= 15 is 0 Å². The van der Waals surface area contributed by atoms with Gasteiger partial charge in [-0.3, -0.25) is 4.79 Å². The second kappa shape index (κ2) is 4.01. The Hall–Kier alpha value is -1.02. The van der Waals surface area contributed by atoms with Gasteiger partial charge in [0.2, 0.25) is 0 Å². The van der Waals surface area contributed by atoms with Gasteiger partial charge in [0.1, 0.15) is 17.6 Å². The molecule has 0 aliphatic heterocycles. The summed E-state index contributed by atoms with van der Waals surface area (Å²) in [4.78, 5) is 10.5. The molecule has 14 heavy (non-hydrogen) atoms. The number of carbonyl (C=O) groups excluding carboxylic acids is 1. The fourth-order valence-electron chi connectivity index (χ4n) is 1.00. The molecule has 1 rings (SSSR count). The number of hydrogen-bond donors (Lipinski definition) is 0. The first kappa shape index (κ1) is 11.1. The van der Waals surface area contributed by atoms with Crippen molar-refractivity contribution in [2.24, 2.45) is 0 Å². The maximum absolute atomic E-state index is 10.5. The molecule has 0 fully saturated rings. The molecule has 0 bridgehead atoms. The number of carbonyl (C=O) groups is 1. The number of rotatable bonds is 2. The molecule has 0 atom stereocenters. The summed E-state index contributed by atoms with van der Waals surface area (Å²) in [6.07, 6.45) is 0.757. The summed E-state index contributed by atoms with van der Waals surface area (Å²) in [5.74, 6) is 0.602. The number of aldehydes is 1. The van der Waals surface area contributed by atoms with E-state index in [0.717, 1.165) is 6.29 Å². The molecule has 2 nitrogen and oxygen atoms in total. The Morgan fingerprint density at radius 2 is 2.00 bits per heavy atom. The van der Waals surface area contributed by atoms with Gasteiger partial charge in [0.25, 0.3) is 0 Å². The van der Waals surface area contributed by atoms with Gasteiger partial charge in [0.15, 0.2) is 0 Å². The molecule has 0 aromatic heterocycles. The van der Waals surface area contributed by atoms with Crippen LogP contribution < -0.4 is 4.74 Å². The first-order chi connectivity index (χ1) is 6.42. The summed E-state index contributed by atoms with van der Waals surface area (Å²) in [7, 11) is 0. The Morgan fingerprint density at radius 3 is 2.43 bits per heavy atom. The molecule has 0 saturated carbocycles. The second-order valence-electron chi connectivity index (χ2n) is 4.02. The smallest absolute Gasteiger partial charge is 0.150 e. The minimum atomic E-state index is -0.285. The van der Waals surface area contributed by atoms with Crippen LogP contribution in [0, 0.1) is 0 Å². The third-order valence-corrected chi connectivity index (χ3v) is 1.80. The highest BCUT2D eigenvalue weighted by Crippen LogP contribution is 2.28. The molecule has 0 amide bonds. The van der Waals surface area contributed by atoms with Crippen molar-refractivity contribution >= 4 is 17.9 Å². The van der Waals surface area contributed by atoms with E-state index < -0.39 is 0 Å². The van der Waals surface area contributed by atoms with Crippen molar-refractivity contribution in [3.05, 3.63) is 28.8 Å². The summed E-state index contributed by atoms with van der Waals surface area (Å²) in [5.41, 5.74) is 0.267. The lowest BCUT2D eigenvalue weighted by atomic mass is 10.2. The van der Waals surface area contributed by atoms with Gasteiger partial charge in [-0.05, 0) is 39.0 Å². The van der Waals surface area contributed by atoms with Gasteiger partial charge >= 0.3 is 0 Å². The Kier molecular flexibility index (Phi) is 3.17. The highest BCUT2D eigenvalue weighted by atomic mass is 35.5. The van der Waals surface area contributed by atoms with Crippen molar-refractivity contribution in [2.45, 2.75) is 26.4 Å². The van der Waals surface area contributed by atoms with Gasteiger partial charge < -0.3 is 4.74 Å². The molecular weight excluding hydrogens is 200 g/mol. The van der Waals surface area contributed by atoms with Crippen LogP contribution >= 0.6 is 11.6 Å². The Balaban J connectivity index is 2.95. The normalized spacial score (nSPS) is 11.1. The summed E-state index contributed by atoms with van der Waals surface area (Å²) >= 11 is 5.93. The molecule has 0 heterocycles. The van der Waals surface area contributed by atoms with E-state index in [1.807, 2.05) is 20.8 Å². The molecule has 0 aliphatic carbocycles. The van der Waals surface area contributed by atoms with Crippen LogP contribution in [0.15, 0.2) is 18.2 Å². The fraction of sp³-hybridized carbons (Fsp3) is 0.364. The summed E-state index contributed by atoms with van der Waals surface area (Å²) < 4.78 is 5.58. The van der Waals surface area contributed by atoms with Crippen LogP contribution in [-0.2, 0) is 0 Å². The van der Waals surface area contributed by atoms with Gasteiger partial charge in [-0.15, -0.1) is 0 Å². The molecule has 3 heteroatoms. The van der Waals surface area contributed by atoms with Gasteiger partial charge in [-0.1, -0.05) is 11.6 Å². The molecule has 0 aliphatic rings. The maximum atomic E-state index is 10.5. The lowest BCUT2D eigenvalue weighted by molar-refractivity contribution is 0.112. The predicted molar refractivity (Wildman–Crippen MR) is 57.2 cm³/mol. The first-order valence-electron chi connectivity index (χ1n) is 4.36. The van der Waals surface area contributed by atoms with Crippen molar-refractivity contribution in [3.8, 4) is 5.75 Å². The highest BCUT2D eigenvalue weighted by Gasteiger charge is 2.13. The van der Waals surface area contributed by atoms with E-state index in [1.165, 1.54) is 0 Å². The van der Waals surface area contributed by atoms with Crippen LogP contribution in [0.2, 0.25) is 5.02 Å². The predicted octanol–water partition coefficient (Wildman–Crippen LogP) is 3.33. The molecular formula is C11H13ClO2. The minimum absolute atomic E-state index is 0.285. The van der Waals surface area contributed by atoms with Crippen molar-refractivity contribution in [1.82, 2.24) is 0 Å². The average Bonchev–Trinajstić information content (AvgIpc) is 2.06. The van der Waals surface area contributed by atoms with Crippen molar-refractivity contribution in [3.63, 3.8) is 0 Å². The summed E-state index contributed by atoms with van der Waals surface area (Å²) in [6, 6.07) is 4.98. The zero-order valence-corrected chi connectivity index (χ0v) is 9.26. The number of ether oxygens (including phenoxy) is 1. The van der Waals surface area contributed by atoms with Gasteiger partial charge in [0.05, 0.1) is 5.02 Å². The van der Waals surface area contributed by atoms with E-state index in [4.69, 9.17) is 16.3 Å². The standard InChI is InChI=1S/C11H13ClO2/c1-11(2,3)14-10-5-4-8(7-13)6-9(10)12/h4-7H,1-3H3. The van der Waals surface area contributed by atoms with E-state index in [-0.39, 0.29) is 5.60 Å². The van der Waals surface area contributed by atoms with Crippen LogP contribution in [-0.4, -0.2) is 11.9 Å².